The van der Waals surface area contributed by atoms with Crippen LogP contribution in [0, 0.1) is 6.92 Å². The topological polar surface area (TPSA) is 67.2 Å². The average molecular weight is 412 g/mol. The van der Waals surface area contributed by atoms with Crippen molar-refractivity contribution in [3.63, 3.8) is 0 Å². The van der Waals surface area contributed by atoms with Crippen LogP contribution in [0.15, 0.2) is 59.1 Å². The van der Waals surface area contributed by atoms with Crippen molar-refractivity contribution in [2.24, 2.45) is 0 Å². The van der Waals surface area contributed by atoms with Crippen LogP contribution in [-0.2, 0) is 0 Å². The summed E-state index contributed by atoms with van der Waals surface area (Å²) in [7, 11) is 0. The van der Waals surface area contributed by atoms with Gasteiger partial charge in [0.1, 0.15) is 0 Å². The van der Waals surface area contributed by atoms with Gasteiger partial charge in [0.05, 0.1) is 11.8 Å². The standard InChI is InChI=1S/C23H25N3O2.ClH/c1-15-7-9-17(10-8-15)21-14-25-23(28-21)20-6-4-3-5-19(20)22(27)26-18-11-12-24-16(2)13-18;/h3-10,14,16,18,24H,11-13H2,1-2H3,(H,26,27);1H. The molecular formula is C23H26ClN3O2. The number of hydrogen-bond acceptors (Lipinski definition) is 4. The van der Waals surface area contributed by atoms with Crippen molar-refractivity contribution in [3.05, 3.63) is 65.9 Å². The zero-order valence-corrected chi connectivity index (χ0v) is 17.5. The third-order valence-corrected chi connectivity index (χ3v) is 5.20. The number of aromatic nitrogens is 1. The van der Waals surface area contributed by atoms with Crippen LogP contribution in [0.4, 0.5) is 0 Å². The summed E-state index contributed by atoms with van der Waals surface area (Å²) in [6.45, 7) is 5.12. The number of piperidine rings is 1. The van der Waals surface area contributed by atoms with Crippen LogP contribution in [-0.4, -0.2) is 29.5 Å². The second kappa shape index (κ2) is 9.25. The van der Waals surface area contributed by atoms with Gasteiger partial charge in [0.25, 0.3) is 5.91 Å². The molecule has 1 aromatic heterocycles. The summed E-state index contributed by atoms with van der Waals surface area (Å²) in [5, 5.41) is 6.58. The maximum atomic E-state index is 12.9. The van der Waals surface area contributed by atoms with Gasteiger partial charge in [0.15, 0.2) is 5.76 Å². The minimum atomic E-state index is -0.0789. The number of oxazole rings is 1. The third kappa shape index (κ3) is 4.86. The van der Waals surface area contributed by atoms with Gasteiger partial charge in [-0.3, -0.25) is 4.79 Å². The van der Waals surface area contributed by atoms with E-state index in [0.717, 1.165) is 24.9 Å². The molecule has 5 nitrogen and oxygen atoms in total. The van der Waals surface area contributed by atoms with Crippen LogP contribution in [0.25, 0.3) is 22.8 Å². The molecule has 6 heteroatoms. The molecule has 1 aliphatic rings. The summed E-state index contributed by atoms with van der Waals surface area (Å²) < 4.78 is 5.99. The van der Waals surface area contributed by atoms with E-state index in [2.05, 4.69) is 22.5 Å². The van der Waals surface area contributed by atoms with E-state index in [1.165, 1.54) is 5.56 Å². The zero-order chi connectivity index (χ0) is 19.5. The summed E-state index contributed by atoms with van der Waals surface area (Å²) in [6, 6.07) is 16.2. The second-order valence-corrected chi connectivity index (χ2v) is 7.49. The van der Waals surface area contributed by atoms with Crippen molar-refractivity contribution in [3.8, 4) is 22.8 Å². The molecular weight excluding hydrogens is 386 g/mol. The maximum Gasteiger partial charge on any atom is 0.252 e. The molecule has 2 unspecified atom stereocenters. The van der Waals surface area contributed by atoms with E-state index in [1.807, 2.05) is 55.5 Å². The highest BCUT2D eigenvalue weighted by atomic mass is 35.5. The lowest BCUT2D eigenvalue weighted by Gasteiger charge is -2.28. The van der Waals surface area contributed by atoms with Gasteiger partial charge in [-0.25, -0.2) is 4.98 Å². The van der Waals surface area contributed by atoms with E-state index in [4.69, 9.17) is 4.42 Å². The molecule has 1 fully saturated rings. The molecule has 29 heavy (non-hydrogen) atoms. The molecule has 2 N–H and O–H groups in total. The largest absolute Gasteiger partial charge is 0.436 e. The molecule has 0 saturated carbocycles. The average Bonchev–Trinajstić information content (AvgIpc) is 3.18. The Labute approximate surface area is 177 Å². The van der Waals surface area contributed by atoms with E-state index in [9.17, 15) is 4.79 Å². The highest BCUT2D eigenvalue weighted by Gasteiger charge is 2.23. The van der Waals surface area contributed by atoms with Gasteiger partial charge >= 0.3 is 0 Å². The fraction of sp³-hybridized carbons (Fsp3) is 0.304. The highest BCUT2D eigenvalue weighted by Crippen LogP contribution is 2.28. The molecule has 0 spiro atoms. The van der Waals surface area contributed by atoms with E-state index >= 15 is 0 Å². The van der Waals surface area contributed by atoms with Gasteiger partial charge in [0.2, 0.25) is 5.89 Å². The smallest absolute Gasteiger partial charge is 0.252 e. The molecule has 4 rings (SSSR count). The molecule has 2 atom stereocenters. The lowest BCUT2D eigenvalue weighted by molar-refractivity contribution is 0.0926. The SMILES string of the molecule is Cc1ccc(-c2cnc(-c3ccccc3C(=O)NC3CCNC(C)C3)o2)cc1.Cl. The molecule has 1 saturated heterocycles. The minimum Gasteiger partial charge on any atom is -0.436 e. The quantitative estimate of drug-likeness (QED) is 0.657. The number of benzene rings is 2. The first kappa shape index (κ1) is 21.1. The molecule has 0 aliphatic carbocycles. The van der Waals surface area contributed by atoms with Gasteiger partial charge in [-0.05, 0) is 45.4 Å². The molecule has 2 heterocycles. The fourth-order valence-corrected chi connectivity index (χ4v) is 3.64. The number of rotatable bonds is 4. The number of hydrogen-bond donors (Lipinski definition) is 2. The normalized spacial score (nSPS) is 18.7. The number of amides is 1. The Kier molecular flexibility index (Phi) is 6.72. The lowest BCUT2D eigenvalue weighted by atomic mass is 9.99. The third-order valence-electron chi connectivity index (χ3n) is 5.20. The summed E-state index contributed by atoms with van der Waals surface area (Å²) in [4.78, 5) is 17.4. The van der Waals surface area contributed by atoms with Crippen molar-refractivity contribution < 1.29 is 9.21 Å². The lowest BCUT2D eigenvalue weighted by Crippen LogP contribution is -2.46. The molecule has 0 bridgehead atoms. The zero-order valence-electron chi connectivity index (χ0n) is 16.6. The van der Waals surface area contributed by atoms with Crippen molar-refractivity contribution in [1.82, 2.24) is 15.6 Å². The Morgan fingerprint density at radius 3 is 2.69 bits per heavy atom. The Bertz CT molecular complexity index is 968. The van der Waals surface area contributed by atoms with Crippen LogP contribution in [0.3, 0.4) is 0 Å². The monoisotopic (exact) mass is 411 g/mol. The van der Waals surface area contributed by atoms with E-state index in [0.29, 0.717) is 28.8 Å². The maximum absolute atomic E-state index is 12.9. The summed E-state index contributed by atoms with van der Waals surface area (Å²) in [5.41, 5.74) is 3.46. The summed E-state index contributed by atoms with van der Waals surface area (Å²) in [5.74, 6) is 1.07. The molecule has 2 aromatic carbocycles. The predicted molar refractivity (Wildman–Crippen MR) is 117 cm³/mol. The molecule has 152 valence electrons. The van der Waals surface area contributed by atoms with Crippen LogP contribution in [0.5, 0.6) is 0 Å². The van der Waals surface area contributed by atoms with Gasteiger partial charge in [0, 0.05) is 23.2 Å². The van der Waals surface area contributed by atoms with Gasteiger partial charge in [-0.1, -0.05) is 42.0 Å². The molecule has 0 radical (unpaired) electrons. The predicted octanol–water partition coefficient (Wildman–Crippen LogP) is 4.61. The number of aryl methyl sites for hydroxylation is 1. The van der Waals surface area contributed by atoms with Crippen molar-refractivity contribution in [2.45, 2.75) is 38.8 Å². The number of carbonyl (C=O) groups is 1. The summed E-state index contributed by atoms with van der Waals surface area (Å²) in [6.07, 6.45) is 3.59. The molecule has 1 aliphatic heterocycles. The number of nitrogens with zero attached hydrogens (tertiary/aromatic N) is 1. The highest BCUT2D eigenvalue weighted by molar-refractivity contribution is 6.00. The summed E-state index contributed by atoms with van der Waals surface area (Å²) >= 11 is 0. The Morgan fingerprint density at radius 1 is 1.17 bits per heavy atom. The van der Waals surface area contributed by atoms with Gasteiger partial charge in [-0.15, -0.1) is 12.4 Å². The minimum absolute atomic E-state index is 0. The van der Waals surface area contributed by atoms with Gasteiger partial charge in [-0.2, -0.15) is 0 Å². The Hall–Kier alpha value is -2.63. The van der Waals surface area contributed by atoms with Crippen molar-refractivity contribution in [2.75, 3.05) is 6.54 Å². The fourth-order valence-electron chi connectivity index (χ4n) is 3.64. The Morgan fingerprint density at radius 2 is 1.93 bits per heavy atom. The van der Waals surface area contributed by atoms with Crippen molar-refractivity contribution in [1.29, 1.82) is 0 Å². The molecule has 1 amide bonds. The molecule has 3 aromatic rings. The first-order chi connectivity index (χ1) is 13.6. The van der Waals surface area contributed by atoms with Crippen LogP contribution in [0.1, 0.15) is 35.7 Å². The van der Waals surface area contributed by atoms with Crippen LogP contribution in [0.2, 0.25) is 0 Å². The Balaban J connectivity index is 0.00000240. The van der Waals surface area contributed by atoms with Crippen LogP contribution < -0.4 is 10.6 Å². The van der Waals surface area contributed by atoms with Crippen molar-refractivity contribution >= 4 is 18.3 Å². The van der Waals surface area contributed by atoms with E-state index in [1.54, 1.807) is 6.20 Å². The first-order valence-electron chi connectivity index (χ1n) is 9.76. The number of nitrogens with one attached hydrogen (secondary N) is 2. The van der Waals surface area contributed by atoms with Crippen LogP contribution >= 0.6 is 12.4 Å². The van der Waals surface area contributed by atoms with Gasteiger partial charge < -0.3 is 15.1 Å². The second-order valence-electron chi connectivity index (χ2n) is 7.49. The van der Waals surface area contributed by atoms with E-state index < -0.39 is 0 Å². The first-order valence-corrected chi connectivity index (χ1v) is 9.76. The van der Waals surface area contributed by atoms with E-state index in [-0.39, 0.29) is 24.4 Å². The number of carbonyl (C=O) groups excluding carboxylic acids is 1. The number of halogens is 1.